The van der Waals surface area contributed by atoms with Crippen molar-refractivity contribution in [3.05, 3.63) is 93.9 Å². The van der Waals surface area contributed by atoms with Crippen LogP contribution in [0.3, 0.4) is 0 Å². The van der Waals surface area contributed by atoms with Gasteiger partial charge in [-0.25, -0.2) is 22.8 Å². The number of nitrogens with one attached hydrogen (secondary N) is 1. The van der Waals surface area contributed by atoms with Crippen LogP contribution in [0.2, 0.25) is 5.02 Å². The van der Waals surface area contributed by atoms with Crippen LogP contribution < -0.4 is 10.1 Å². The van der Waals surface area contributed by atoms with Crippen molar-refractivity contribution in [2.75, 3.05) is 5.32 Å². The highest BCUT2D eigenvalue weighted by molar-refractivity contribution is 6.30. The summed E-state index contributed by atoms with van der Waals surface area (Å²) in [5.74, 6) is -13.4. The summed E-state index contributed by atoms with van der Waals surface area (Å²) in [5.41, 5.74) is 0.861. The van der Waals surface area contributed by atoms with Gasteiger partial charge in [-0.05, 0) is 29.8 Å². The van der Waals surface area contributed by atoms with Crippen LogP contribution >= 0.6 is 11.6 Å². The molecule has 1 N–H and O–H groups in total. The average molecular weight is 499 g/mol. The first-order valence-electron chi connectivity index (χ1n) is 9.41. The number of anilines is 1. The minimum atomic E-state index is -2.30. The second kappa shape index (κ2) is 9.51. The number of halogens is 6. The molecule has 0 saturated heterocycles. The molecular weight excluding hydrogens is 487 g/mol. The Hall–Kier alpha value is -3.93. The molecule has 0 unspecified atom stereocenters. The van der Waals surface area contributed by atoms with Crippen LogP contribution in [0, 0.1) is 29.1 Å². The predicted molar refractivity (Wildman–Crippen MR) is 108 cm³/mol. The molecule has 0 radical (unpaired) electrons. The quantitative estimate of drug-likeness (QED) is 0.218. The first-order chi connectivity index (χ1) is 16.2. The topological polar surface area (TPSA) is 82.2 Å². The number of furan rings is 1. The highest BCUT2D eigenvalue weighted by atomic mass is 35.5. The Labute approximate surface area is 192 Å². The Bertz CT molecular complexity index is 1350. The predicted octanol–water partition coefficient (Wildman–Crippen LogP) is 5.10. The number of ether oxygens (including phenoxy) is 1. The van der Waals surface area contributed by atoms with E-state index in [4.69, 9.17) is 20.8 Å². The van der Waals surface area contributed by atoms with E-state index in [0.29, 0.717) is 11.6 Å². The maximum atomic E-state index is 13.7. The van der Waals surface area contributed by atoms with E-state index >= 15 is 0 Å². The third kappa shape index (κ3) is 4.86. The minimum absolute atomic E-state index is 0.0253. The first-order valence-corrected chi connectivity index (χ1v) is 9.79. The van der Waals surface area contributed by atoms with Crippen molar-refractivity contribution in [2.24, 2.45) is 0 Å². The van der Waals surface area contributed by atoms with Crippen LogP contribution in [0.15, 0.2) is 47.1 Å². The number of benzene rings is 2. The summed E-state index contributed by atoms with van der Waals surface area (Å²) < 4.78 is 78.3. The van der Waals surface area contributed by atoms with Gasteiger partial charge in [0, 0.05) is 5.02 Å². The van der Waals surface area contributed by atoms with Gasteiger partial charge >= 0.3 is 0 Å². The smallest absolute Gasteiger partial charge is 0.293 e. The summed E-state index contributed by atoms with van der Waals surface area (Å²) >= 11 is 5.94. The van der Waals surface area contributed by atoms with Gasteiger partial charge in [-0.2, -0.15) is 8.78 Å². The van der Waals surface area contributed by atoms with E-state index in [1.54, 1.807) is 18.2 Å². The van der Waals surface area contributed by atoms with Gasteiger partial charge in [0.05, 0.1) is 6.54 Å². The van der Waals surface area contributed by atoms with E-state index in [2.05, 4.69) is 15.4 Å². The molecule has 1 amide bonds. The normalized spacial score (nSPS) is 11.0. The van der Waals surface area contributed by atoms with Gasteiger partial charge in [-0.15, -0.1) is 5.10 Å². The fraction of sp³-hybridized carbons (Fsp3) is 0.0952. The average Bonchev–Trinajstić information content (AvgIpc) is 3.46. The van der Waals surface area contributed by atoms with Crippen LogP contribution in [0.1, 0.15) is 21.9 Å². The van der Waals surface area contributed by atoms with E-state index in [-0.39, 0.29) is 17.5 Å². The van der Waals surface area contributed by atoms with Crippen LogP contribution in [0.25, 0.3) is 0 Å². The molecule has 2 aromatic heterocycles. The molecule has 34 heavy (non-hydrogen) atoms. The number of rotatable bonds is 7. The molecular formula is C21H12ClF5N4O3. The number of hydrogen-bond acceptors (Lipinski definition) is 5. The Morgan fingerprint density at radius 1 is 1.03 bits per heavy atom. The second-order valence-electron chi connectivity index (χ2n) is 6.80. The lowest BCUT2D eigenvalue weighted by atomic mass is 10.2. The lowest BCUT2D eigenvalue weighted by molar-refractivity contribution is 0.0991. The van der Waals surface area contributed by atoms with Gasteiger partial charge < -0.3 is 9.15 Å². The Morgan fingerprint density at radius 3 is 2.44 bits per heavy atom. The van der Waals surface area contributed by atoms with E-state index in [1.807, 2.05) is 6.07 Å². The summed E-state index contributed by atoms with van der Waals surface area (Å²) in [6.07, 6.45) is 1.39. The zero-order valence-corrected chi connectivity index (χ0v) is 17.5. The number of hydrogen-bond donors (Lipinski definition) is 1. The van der Waals surface area contributed by atoms with Crippen molar-refractivity contribution in [3.8, 4) is 5.75 Å². The molecule has 2 heterocycles. The lowest BCUT2D eigenvalue weighted by Gasteiger charge is -2.09. The van der Waals surface area contributed by atoms with E-state index in [9.17, 15) is 26.7 Å². The molecule has 176 valence electrons. The molecule has 0 atom stereocenters. The lowest BCUT2D eigenvalue weighted by Crippen LogP contribution is -2.12. The van der Waals surface area contributed by atoms with Gasteiger partial charge in [-0.3, -0.25) is 10.1 Å². The summed E-state index contributed by atoms with van der Waals surface area (Å²) in [6.45, 7) is -0.360. The highest BCUT2D eigenvalue weighted by Gasteiger charge is 2.27. The molecule has 2 aromatic carbocycles. The molecule has 13 heteroatoms. The third-order valence-corrected chi connectivity index (χ3v) is 4.64. The number of amides is 1. The fourth-order valence-corrected chi connectivity index (χ4v) is 3.06. The monoisotopic (exact) mass is 498 g/mol. The Morgan fingerprint density at radius 2 is 1.74 bits per heavy atom. The molecule has 0 aliphatic carbocycles. The largest absolute Gasteiger partial charge is 0.479 e. The molecule has 7 nitrogen and oxygen atoms in total. The van der Waals surface area contributed by atoms with E-state index in [1.165, 1.54) is 23.1 Å². The molecule has 0 bridgehead atoms. The van der Waals surface area contributed by atoms with Crippen molar-refractivity contribution < 1.29 is 35.9 Å². The second-order valence-corrected chi connectivity index (χ2v) is 7.24. The molecule has 4 aromatic rings. The number of nitrogens with zero attached hydrogens (tertiary/aromatic N) is 3. The standard InChI is InChI=1S/C21H12ClF5N4O3/c22-11-3-1-2-10(6-11)7-31-9-28-21(30-31)29-20(32)13-5-4-12(34-13)8-33-19-17(26)15(24)14(23)16(25)18(19)27/h1-6,9H,7-8H2,(H,29,30,32). The zero-order chi connectivity index (χ0) is 24.4. The van der Waals surface area contributed by atoms with E-state index in [0.717, 1.165) is 5.56 Å². The molecule has 0 aliphatic rings. The van der Waals surface area contributed by atoms with Crippen LogP contribution in [0.4, 0.5) is 27.9 Å². The molecule has 4 rings (SSSR count). The SMILES string of the molecule is O=C(Nc1ncn(Cc2cccc(Cl)c2)n1)c1ccc(COc2c(F)c(F)c(F)c(F)c2F)o1. The summed E-state index contributed by atoms with van der Waals surface area (Å²) in [5, 5.41) is 7.06. The molecule has 0 aliphatic heterocycles. The van der Waals surface area contributed by atoms with Crippen LogP contribution in [-0.2, 0) is 13.2 Å². The van der Waals surface area contributed by atoms with Crippen molar-refractivity contribution >= 4 is 23.5 Å². The summed E-state index contributed by atoms with van der Waals surface area (Å²) in [6, 6.07) is 9.54. The van der Waals surface area contributed by atoms with Gasteiger partial charge in [0.1, 0.15) is 18.7 Å². The van der Waals surface area contributed by atoms with Crippen molar-refractivity contribution in [1.29, 1.82) is 0 Å². The zero-order valence-electron chi connectivity index (χ0n) is 16.8. The first kappa shape index (κ1) is 23.2. The van der Waals surface area contributed by atoms with Crippen molar-refractivity contribution in [2.45, 2.75) is 13.2 Å². The van der Waals surface area contributed by atoms with Crippen LogP contribution in [-0.4, -0.2) is 20.7 Å². The van der Waals surface area contributed by atoms with Crippen molar-refractivity contribution in [3.63, 3.8) is 0 Å². The maximum absolute atomic E-state index is 13.7. The number of carbonyl (C=O) groups is 1. The Kier molecular flexibility index (Phi) is 6.50. The number of carbonyl (C=O) groups excluding carboxylic acids is 1. The minimum Gasteiger partial charge on any atom is -0.479 e. The van der Waals surface area contributed by atoms with Gasteiger partial charge in [0.25, 0.3) is 5.91 Å². The maximum Gasteiger partial charge on any atom is 0.293 e. The highest BCUT2D eigenvalue weighted by Crippen LogP contribution is 2.29. The Balaban J connectivity index is 1.38. The molecule has 0 fully saturated rings. The van der Waals surface area contributed by atoms with E-state index < -0.39 is 47.3 Å². The fourth-order valence-electron chi connectivity index (χ4n) is 2.85. The molecule has 0 spiro atoms. The molecule has 0 saturated carbocycles. The number of aromatic nitrogens is 3. The third-order valence-electron chi connectivity index (χ3n) is 4.41. The van der Waals surface area contributed by atoms with Gasteiger partial charge in [0.2, 0.25) is 35.0 Å². The summed E-state index contributed by atoms with van der Waals surface area (Å²) in [7, 11) is 0. The van der Waals surface area contributed by atoms with Crippen molar-refractivity contribution in [1.82, 2.24) is 14.8 Å². The van der Waals surface area contributed by atoms with Crippen LogP contribution in [0.5, 0.6) is 5.75 Å². The van der Waals surface area contributed by atoms with Gasteiger partial charge in [0.15, 0.2) is 11.5 Å². The van der Waals surface area contributed by atoms with Gasteiger partial charge in [-0.1, -0.05) is 23.7 Å². The summed E-state index contributed by atoms with van der Waals surface area (Å²) in [4.78, 5) is 16.3.